The molecule has 2 fully saturated rings. The Morgan fingerprint density at radius 1 is 0.875 bits per heavy atom. The number of nitrogens with zero attached hydrogens (tertiary/aromatic N) is 1. The Labute approximate surface area is 287 Å². The first-order chi connectivity index (χ1) is 23.4. The Morgan fingerprint density at radius 2 is 1.48 bits per heavy atom. The van der Waals surface area contributed by atoms with E-state index < -0.39 is 5.72 Å². The monoisotopic (exact) mass is 657 g/mol. The van der Waals surface area contributed by atoms with Crippen molar-refractivity contribution in [2.75, 3.05) is 19.8 Å². The number of carbonyl (C=O) groups excluding carboxylic acids is 1. The van der Waals surface area contributed by atoms with Crippen LogP contribution in [0.1, 0.15) is 76.5 Å². The number of hydrogen-bond donors (Lipinski definition) is 0. The molecule has 2 aliphatic heterocycles. The largest absolute Gasteiger partial charge is 0.449 e. The van der Waals surface area contributed by atoms with Gasteiger partial charge in [-0.25, -0.2) is 4.79 Å². The fourth-order valence-electron chi connectivity index (χ4n) is 7.23. The predicted octanol–water partition coefficient (Wildman–Crippen LogP) is 8.80. The lowest BCUT2D eigenvalue weighted by atomic mass is 9.80. The van der Waals surface area contributed by atoms with E-state index in [0.29, 0.717) is 57.8 Å². The van der Waals surface area contributed by atoms with Crippen molar-refractivity contribution in [1.29, 1.82) is 0 Å². The van der Waals surface area contributed by atoms with Crippen molar-refractivity contribution in [3.8, 4) is 0 Å². The molecule has 0 bridgehead atoms. The molecule has 1 amide bonds. The maximum atomic E-state index is 13.6. The number of piperidine rings is 1. The first-order valence-electron chi connectivity index (χ1n) is 17.9. The molecule has 0 N–H and O–H groups in total. The second-order valence-corrected chi connectivity index (χ2v) is 13.9. The van der Waals surface area contributed by atoms with Crippen molar-refractivity contribution in [2.24, 2.45) is 17.8 Å². The van der Waals surface area contributed by atoms with Crippen LogP contribution in [-0.4, -0.2) is 54.8 Å². The zero-order valence-electron chi connectivity index (χ0n) is 29.3. The molecule has 3 aromatic rings. The van der Waals surface area contributed by atoms with E-state index in [4.69, 9.17) is 23.7 Å². The fraction of sp³-hybridized carbons (Fsp3) is 0.537. The summed E-state index contributed by atoms with van der Waals surface area (Å²) in [4.78, 5) is 15.5. The first-order valence-corrected chi connectivity index (χ1v) is 17.9. The zero-order valence-corrected chi connectivity index (χ0v) is 29.3. The highest BCUT2D eigenvalue weighted by Crippen LogP contribution is 2.48. The van der Waals surface area contributed by atoms with Gasteiger partial charge >= 0.3 is 6.09 Å². The van der Waals surface area contributed by atoms with Gasteiger partial charge in [-0.1, -0.05) is 119 Å². The maximum absolute atomic E-state index is 13.6. The highest BCUT2D eigenvalue weighted by Gasteiger charge is 2.59. The zero-order chi connectivity index (χ0) is 33.8. The molecule has 7 atom stereocenters. The van der Waals surface area contributed by atoms with E-state index >= 15 is 0 Å². The van der Waals surface area contributed by atoms with Crippen LogP contribution in [0.2, 0.25) is 0 Å². The van der Waals surface area contributed by atoms with Gasteiger partial charge in [0.1, 0.15) is 6.10 Å². The van der Waals surface area contributed by atoms with E-state index in [-0.39, 0.29) is 30.3 Å². The molecule has 7 heteroatoms. The quantitative estimate of drug-likeness (QED) is 0.144. The third-order valence-corrected chi connectivity index (χ3v) is 9.81. The summed E-state index contributed by atoms with van der Waals surface area (Å²) >= 11 is 0. The molecule has 7 nitrogen and oxygen atoms in total. The smallest absolute Gasteiger partial charge is 0.412 e. The van der Waals surface area contributed by atoms with E-state index in [1.807, 2.05) is 66.4 Å². The predicted molar refractivity (Wildman–Crippen MR) is 188 cm³/mol. The molecule has 0 saturated carbocycles. The van der Waals surface area contributed by atoms with E-state index in [0.717, 1.165) is 36.8 Å². The number of hydrogen-bond acceptors (Lipinski definition) is 6. The fourth-order valence-corrected chi connectivity index (χ4v) is 7.23. The molecule has 0 aliphatic carbocycles. The number of amides is 1. The number of carbonyl (C=O) groups is 1. The van der Waals surface area contributed by atoms with Gasteiger partial charge in [-0.05, 0) is 54.2 Å². The van der Waals surface area contributed by atoms with Gasteiger partial charge in [0.05, 0.1) is 38.6 Å². The molecule has 3 aromatic carbocycles. The van der Waals surface area contributed by atoms with Crippen molar-refractivity contribution in [3.05, 3.63) is 108 Å². The average molecular weight is 658 g/mol. The minimum Gasteiger partial charge on any atom is -0.449 e. The Bertz CT molecular complexity index is 1360. The number of rotatable bonds is 16. The minimum absolute atomic E-state index is 0.0989. The van der Waals surface area contributed by atoms with E-state index in [9.17, 15) is 4.79 Å². The normalized spacial score (nSPS) is 25.2. The molecule has 260 valence electrons. The van der Waals surface area contributed by atoms with Gasteiger partial charge in [-0.15, -0.1) is 0 Å². The van der Waals surface area contributed by atoms with Gasteiger partial charge in [0.15, 0.2) is 5.72 Å². The van der Waals surface area contributed by atoms with Gasteiger partial charge in [0.25, 0.3) is 0 Å². The SMILES string of the molecule is CCCOC(=O)N1C[C@H](C)C[C@H](C)[C@@]12C[C@@H](OCc1ccccc1)[C@@H]([C@@H](C[C@H](C)CCOCc1ccccc1)OCc1ccccc1)O2. The summed E-state index contributed by atoms with van der Waals surface area (Å²) in [5.74, 6) is 0.750. The Balaban J connectivity index is 1.38. The standard InChI is InChI=1S/C41H55NO6/c1-5-22-45-40(43)42-27-32(3)24-33(4)41(42)26-38(47-30-36-19-13-8-14-20-36)39(48-41)37(46-29-35-17-11-7-12-18-35)25-31(2)21-23-44-28-34-15-9-6-10-16-34/h6-20,31-33,37-39H,5,21-30H2,1-4H3/t31-,32-,33+,37-,38-,39-,41+/m1/s1. The summed E-state index contributed by atoms with van der Waals surface area (Å²) < 4.78 is 32.6. The second-order valence-electron chi connectivity index (χ2n) is 13.9. The van der Waals surface area contributed by atoms with Gasteiger partial charge < -0.3 is 23.7 Å². The van der Waals surface area contributed by atoms with Crippen LogP contribution >= 0.6 is 0 Å². The summed E-state index contributed by atoms with van der Waals surface area (Å²) in [5, 5.41) is 0. The second kappa shape index (κ2) is 18.0. The first kappa shape index (κ1) is 36.1. The highest BCUT2D eigenvalue weighted by atomic mass is 16.6. The summed E-state index contributed by atoms with van der Waals surface area (Å²) in [5.41, 5.74) is 2.56. The lowest BCUT2D eigenvalue weighted by Crippen LogP contribution is -2.61. The molecule has 2 aliphatic rings. The molecule has 0 aromatic heterocycles. The molecule has 48 heavy (non-hydrogen) atoms. The molecule has 2 saturated heterocycles. The third-order valence-electron chi connectivity index (χ3n) is 9.81. The molecular formula is C41H55NO6. The van der Waals surface area contributed by atoms with Gasteiger partial charge in [-0.2, -0.15) is 0 Å². The molecule has 5 rings (SSSR count). The van der Waals surface area contributed by atoms with Crippen LogP contribution in [0.25, 0.3) is 0 Å². The lowest BCUT2D eigenvalue weighted by molar-refractivity contribution is -0.214. The summed E-state index contributed by atoms with van der Waals surface area (Å²) in [7, 11) is 0. The average Bonchev–Trinajstić information content (AvgIpc) is 3.49. The van der Waals surface area contributed by atoms with Crippen LogP contribution in [0.3, 0.4) is 0 Å². The Kier molecular flexibility index (Phi) is 13.5. The number of benzene rings is 3. The molecule has 0 unspecified atom stereocenters. The Morgan fingerprint density at radius 3 is 2.10 bits per heavy atom. The number of likely N-dealkylation sites (tertiary alicyclic amines) is 1. The minimum atomic E-state index is -0.834. The van der Waals surface area contributed by atoms with Crippen molar-refractivity contribution >= 4 is 6.09 Å². The van der Waals surface area contributed by atoms with E-state index in [2.05, 4.69) is 57.2 Å². The lowest BCUT2D eigenvalue weighted by Gasteiger charge is -2.49. The Hall–Kier alpha value is -3.23. The van der Waals surface area contributed by atoms with Crippen molar-refractivity contribution < 1.29 is 28.5 Å². The number of ether oxygens (including phenoxy) is 5. The summed E-state index contributed by atoms with van der Waals surface area (Å²) in [6.07, 6.45) is 2.77. The molecule has 2 heterocycles. The van der Waals surface area contributed by atoms with Crippen LogP contribution in [-0.2, 0) is 43.5 Å². The van der Waals surface area contributed by atoms with Gasteiger partial charge in [0.2, 0.25) is 0 Å². The van der Waals surface area contributed by atoms with Crippen LogP contribution in [0, 0.1) is 17.8 Å². The van der Waals surface area contributed by atoms with Crippen LogP contribution < -0.4 is 0 Å². The maximum Gasteiger partial charge on any atom is 0.412 e. The third kappa shape index (κ3) is 9.69. The van der Waals surface area contributed by atoms with Gasteiger partial charge in [-0.3, -0.25) is 4.90 Å². The van der Waals surface area contributed by atoms with Crippen LogP contribution in [0.5, 0.6) is 0 Å². The van der Waals surface area contributed by atoms with Gasteiger partial charge in [0, 0.05) is 25.5 Å². The topological polar surface area (TPSA) is 66.5 Å². The van der Waals surface area contributed by atoms with Crippen molar-refractivity contribution in [3.63, 3.8) is 0 Å². The molecule has 0 radical (unpaired) electrons. The van der Waals surface area contributed by atoms with E-state index in [1.54, 1.807) is 0 Å². The molecule has 1 spiro atoms. The van der Waals surface area contributed by atoms with Crippen LogP contribution in [0.4, 0.5) is 4.79 Å². The van der Waals surface area contributed by atoms with Crippen molar-refractivity contribution in [1.82, 2.24) is 4.90 Å². The van der Waals surface area contributed by atoms with Crippen molar-refractivity contribution in [2.45, 2.75) is 104 Å². The highest BCUT2D eigenvalue weighted by molar-refractivity contribution is 5.69. The molecular weight excluding hydrogens is 602 g/mol. The summed E-state index contributed by atoms with van der Waals surface area (Å²) in [6.45, 7) is 11.9. The van der Waals surface area contributed by atoms with Crippen LogP contribution in [0.15, 0.2) is 91.0 Å². The van der Waals surface area contributed by atoms with E-state index in [1.165, 1.54) is 5.56 Å². The summed E-state index contributed by atoms with van der Waals surface area (Å²) in [6, 6.07) is 30.8.